The zero-order chi connectivity index (χ0) is 15.1. The van der Waals surface area contributed by atoms with Crippen LogP contribution < -0.4 is 11.1 Å². The van der Waals surface area contributed by atoms with Gasteiger partial charge in [-0.15, -0.1) is 0 Å². The summed E-state index contributed by atoms with van der Waals surface area (Å²) in [4.78, 5) is 12.2. The minimum atomic E-state index is -0.582. The van der Waals surface area contributed by atoms with Crippen molar-refractivity contribution in [1.29, 1.82) is 0 Å². The first kappa shape index (κ1) is 15.7. The van der Waals surface area contributed by atoms with E-state index in [2.05, 4.69) is 10.5 Å². The van der Waals surface area contributed by atoms with Gasteiger partial charge >= 0.3 is 0 Å². The van der Waals surface area contributed by atoms with Crippen molar-refractivity contribution >= 4 is 23.5 Å². The first-order chi connectivity index (χ1) is 10.2. The number of amides is 1. The first-order valence-electron chi connectivity index (χ1n) is 7.10. The molecule has 114 valence electrons. The number of hydrogen-bond acceptors (Lipinski definition) is 4. The van der Waals surface area contributed by atoms with E-state index in [4.69, 9.17) is 10.9 Å². The van der Waals surface area contributed by atoms with Crippen LogP contribution >= 0.6 is 11.8 Å². The molecule has 0 saturated carbocycles. The van der Waals surface area contributed by atoms with Crippen LogP contribution in [0.2, 0.25) is 0 Å². The number of amidine groups is 1. The number of rotatable bonds is 5. The van der Waals surface area contributed by atoms with Crippen molar-refractivity contribution in [2.24, 2.45) is 16.8 Å². The second kappa shape index (κ2) is 7.93. The van der Waals surface area contributed by atoms with Gasteiger partial charge < -0.3 is 16.3 Å². The molecule has 1 amide bonds. The number of oxime groups is 1. The van der Waals surface area contributed by atoms with Gasteiger partial charge in [0, 0.05) is 6.42 Å². The number of hydrogen-bond donors (Lipinski definition) is 3. The summed E-state index contributed by atoms with van der Waals surface area (Å²) in [5.74, 6) is 2.64. The fourth-order valence-electron chi connectivity index (χ4n) is 2.46. The summed E-state index contributed by atoms with van der Waals surface area (Å²) in [6.45, 7) is 0. The molecule has 1 atom stereocenters. The van der Waals surface area contributed by atoms with Crippen molar-refractivity contribution in [3.05, 3.63) is 35.9 Å². The molecule has 0 bridgehead atoms. The number of carbonyl (C=O) groups is 1. The lowest BCUT2D eigenvalue weighted by molar-refractivity contribution is -0.122. The molecular formula is C15H21N3O2S. The van der Waals surface area contributed by atoms with Gasteiger partial charge in [0.05, 0.1) is 0 Å². The van der Waals surface area contributed by atoms with Gasteiger partial charge in [-0.05, 0) is 35.8 Å². The topological polar surface area (TPSA) is 87.7 Å². The standard InChI is InChI=1S/C15H21N3O2S/c16-15(18-20)14(12-4-2-1-3-5-12)17-13(19)10-11-6-8-21-9-7-11/h1-5,11,14,20H,6-10H2,(H2,16,18)(H,17,19). The zero-order valence-electron chi connectivity index (χ0n) is 11.9. The highest BCUT2D eigenvalue weighted by molar-refractivity contribution is 7.99. The third kappa shape index (κ3) is 4.67. The largest absolute Gasteiger partial charge is 0.409 e. The Morgan fingerprint density at radius 1 is 1.38 bits per heavy atom. The maximum absolute atomic E-state index is 12.2. The smallest absolute Gasteiger partial charge is 0.221 e. The summed E-state index contributed by atoms with van der Waals surface area (Å²) in [5.41, 5.74) is 6.52. The van der Waals surface area contributed by atoms with Crippen molar-refractivity contribution < 1.29 is 10.0 Å². The summed E-state index contributed by atoms with van der Waals surface area (Å²) < 4.78 is 0. The number of nitrogens with one attached hydrogen (secondary N) is 1. The Morgan fingerprint density at radius 3 is 2.67 bits per heavy atom. The van der Waals surface area contributed by atoms with E-state index in [0.717, 1.165) is 29.9 Å². The van der Waals surface area contributed by atoms with E-state index in [1.807, 2.05) is 42.1 Å². The molecule has 1 aromatic carbocycles. The van der Waals surface area contributed by atoms with E-state index < -0.39 is 6.04 Å². The highest BCUT2D eigenvalue weighted by atomic mass is 32.2. The van der Waals surface area contributed by atoms with Crippen LogP contribution in [0.3, 0.4) is 0 Å². The van der Waals surface area contributed by atoms with Crippen LogP contribution in [-0.4, -0.2) is 28.5 Å². The van der Waals surface area contributed by atoms with Crippen LogP contribution in [0.15, 0.2) is 35.5 Å². The Hall–Kier alpha value is -1.69. The molecule has 6 heteroatoms. The van der Waals surface area contributed by atoms with E-state index in [1.54, 1.807) is 0 Å². The molecule has 1 heterocycles. The molecule has 1 saturated heterocycles. The Kier molecular flexibility index (Phi) is 5.92. The van der Waals surface area contributed by atoms with Crippen LogP contribution in [0.5, 0.6) is 0 Å². The van der Waals surface area contributed by atoms with Gasteiger partial charge in [0.15, 0.2) is 5.84 Å². The molecule has 4 N–H and O–H groups in total. The molecule has 0 spiro atoms. The molecule has 0 aliphatic carbocycles. The Bertz CT molecular complexity index is 487. The zero-order valence-corrected chi connectivity index (χ0v) is 12.7. The van der Waals surface area contributed by atoms with E-state index >= 15 is 0 Å². The third-order valence-corrected chi connectivity index (χ3v) is 4.71. The van der Waals surface area contributed by atoms with E-state index in [9.17, 15) is 4.79 Å². The summed E-state index contributed by atoms with van der Waals surface area (Å²) >= 11 is 1.94. The second-order valence-corrected chi connectivity index (χ2v) is 6.42. The number of nitrogens with two attached hydrogens (primary N) is 1. The fraction of sp³-hybridized carbons (Fsp3) is 0.467. The van der Waals surface area contributed by atoms with Crippen molar-refractivity contribution in [2.45, 2.75) is 25.3 Å². The van der Waals surface area contributed by atoms with Crippen molar-refractivity contribution in [2.75, 3.05) is 11.5 Å². The fourth-order valence-corrected chi connectivity index (χ4v) is 3.67. The molecule has 0 radical (unpaired) electrons. The van der Waals surface area contributed by atoms with Gasteiger partial charge in [0.1, 0.15) is 6.04 Å². The SMILES string of the molecule is N/C(=N/O)C(NC(=O)CC1CCSCC1)c1ccccc1. The number of carbonyl (C=O) groups excluding carboxylic acids is 1. The molecule has 21 heavy (non-hydrogen) atoms. The van der Waals surface area contributed by atoms with Crippen LogP contribution in [0.1, 0.15) is 30.9 Å². The highest BCUT2D eigenvalue weighted by Crippen LogP contribution is 2.25. The molecule has 1 aliphatic heterocycles. The average Bonchev–Trinajstić information content (AvgIpc) is 2.53. The summed E-state index contributed by atoms with van der Waals surface area (Å²) in [7, 11) is 0. The predicted octanol–water partition coefficient (Wildman–Crippen LogP) is 2.12. The first-order valence-corrected chi connectivity index (χ1v) is 8.25. The van der Waals surface area contributed by atoms with Crippen molar-refractivity contribution in [3.8, 4) is 0 Å². The van der Waals surface area contributed by atoms with Gasteiger partial charge in [-0.1, -0.05) is 35.5 Å². The van der Waals surface area contributed by atoms with Crippen molar-refractivity contribution in [1.82, 2.24) is 5.32 Å². The minimum Gasteiger partial charge on any atom is -0.409 e. The maximum Gasteiger partial charge on any atom is 0.221 e. The van der Waals surface area contributed by atoms with E-state index in [1.165, 1.54) is 0 Å². The quantitative estimate of drug-likeness (QED) is 0.336. The Balaban J connectivity index is 2.00. The van der Waals surface area contributed by atoms with Crippen molar-refractivity contribution in [3.63, 3.8) is 0 Å². The Morgan fingerprint density at radius 2 is 2.05 bits per heavy atom. The second-order valence-electron chi connectivity index (χ2n) is 5.20. The maximum atomic E-state index is 12.2. The van der Waals surface area contributed by atoms with E-state index in [0.29, 0.717) is 12.3 Å². The van der Waals surface area contributed by atoms with Crippen LogP contribution in [-0.2, 0) is 4.79 Å². The molecule has 0 aromatic heterocycles. The monoisotopic (exact) mass is 307 g/mol. The summed E-state index contributed by atoms with van der Waals surface area (Å²) in [6, 6.07) is 8.71. The third-order valence-electron chi connectivity index (χ3n) is 3.66. The van der Waals surface area contributed by atoms with Crippen LogP contribution in [0.25, 0.3) is 0 Å². The van der Waals surface area contributed by atoms with Gasteiger partial charge in [0.25, 0.3) is 0 Å². The van der Waals surface area contributed by atoms with Gasteiger partial charge in [-0.25, -0.2) is 0 Å². The minimum absolute atomic E-state index is 0.00579. The summed E-state index contributed by atoms with van der Waals surface area (Å²) in [5, 5.41) is 14.8. The number of benzene rings is 1. The molecule has 1 aliphatic rings. The van der Waals surface area contributed by atoms with Gasteiger partial charge in [-0.3, -0.25) is 4.79 Å². The summed E-state index contributed by atoms with van der Waals surface area (Å²) in [6.07, 6.45) is 2.66. The van der Waals surface area contributed by atoms with Gasteiger partial charge in [-0.2, -0.15) is 11.8 Å². The number of nitrogens with zero attached hydrogens (tertiary/aromatic N) is 1. The van der Waals surface area contributed by atoms with E-state index in [-0.39, 0.29) is 11.7 Å². The highest BCUT2D eigenvalue weighted by Gasteiger charge is 2.22. The lowest BCUT2D eigenvalue weighted by Gasteiger charge is -2.23. The van der Waals surface area contributed by atoms with Crippen LogP contribution in [0.4, 0.5) is 0 Å². The molecular weight excluding hydrogens is 286 g/mol. The number of thioether (sulfide) groups is 1. The average molecular weight is 307 g/mol. The molecule has 1 aromatic rings. The predicted molar refractivity (Wildman–Crippen MR) is 85.4 cm³/mol. The molecule has 1 unspecified atom stereocenters. The normalized spacial score (nSPS) is 18.2. The van der Waals surface area contributed by atoms with Crippen LogP contribution in [0, 0.1) is 5.92 Å². The molecule has 2 rings (SSSR count). The molecule has 5 nitrogen and oxygen atoms in total. The lowest BCUT2D eigenvalue weighted by Crippen LogP contribution is -2.38. The lowest BCUT2D eigenvalue weighted by atomic mass is 9.98. The molecule has 1 fully saturated rings. The Labute approximate surface area is 129 Å². The van der Waals surface area contributed by atoms with Gasteiger partial charge in [0.2, 0.25) is 5.91 Å².